The molecule has 3 unspecified atom stereocenters. The number of aliphatic hydroxyl groups is 1. The second kappa shape index (κ2) is 6.96. The maximum absolute atomic E-state index is 9.26. The van der Waals surface area contributed by atoms with E-state index in [0.29, 0.717) is 13.2 Å². The van der Waals surface area contributed by atoms with Crippen LogP contribution in [0.4, 0.5) is 0 Å². The lowest BCUT2D eigenvalue weighted by molar-refractivity contribution is -0.0687. The summed E-state index contributed by atoms with van der Waals surface area (Å²) in [4.78, 5) is 6.73. The Morgan fingerprint density at radius 1 is 1.58 bits per heavy atom. The van der Waals surface area contributed by atoms with Gasteiger partial charge in [0, 0.05) is 25.3 Å². The number of hydrogen-bond donors (Lipinski definition) is 2. The summed E-state index contributed by atoms with van der Waals surface area (Å²) >= 11 is 0. The Morgan fingerprint density at radius 3 is 3.05 bits per heavy atom. The number of aromatic nitrogens is 1. The van der Waals surface area contributed by atoms with E-state index in [2.05, 4.69) is 16.8 Å². The van der Waals surface area contributed by atoms with Crippen molar-refractivity contribution in [2.45, 2.75) is 31.5 Å². The van der Waals surface area contributed by atoms with Crippen molar-refractivity contribution < 1.29 is 9.84 Å². The molecule has 1 aromatic rings. The molecule has 0 radical (unpaired) electrons. The topological polar surface area (TPSA) is 71.6 Å². The van der Waals surface area contributed by atoms with Crippen LogP contribution in [0.1, 0.15) is 25.1 Å². The van der Waals surface area contributed by atoms with Crippen molar-refractivity contribution in [2.24, 2.45) is 5.73 Å². The molecule has 1 aliphatic heterocycles. The van der Waals surface area contributed by atoms with Crippen molar-refractivity contribution in [3.8, 4) is 0 Å². The van der Waals surface area contributed by atoms with E-state index < -0.39 is 0 Å². The van der Waals surface area contributed by atoms with E-state index in [1.807, 2.05) is 18.2 Å². The summed E-state index contributed by atoms with van der Waals surface area (Å²) in [5, 5.41) is 9.26. The number of hydrogen-bond acceptors (Lipinski definition) is 5. The summed E-state index contributed by atoms with van der Waals surface area (Å²) < 4.78 is 5.50. The van der Waals surface area contributed by atoms with Crippen LogP contribution in [0.3, 0.4) is 0 Å². The van der Waals surface area contributed by atoms with E-state index in [9.17, 15) is 5.11 Å². The number of morpholine rings is 1. The molecule has 0 bridgehead atoms. The van der Waals surface area contributed by atoms with E-state index in [-0.39, 0.29) is 24.8 Å². The van der Waals surface area contributed by atoms with Gasteiger partial charge in [-0.25, -0.2) is 0 Å². The van der Waals surface area contributed by atoms with Gasteiger partial charge >= 0.3 is 0 Å². The number of pyridine rings is 1. The maximum atomic E-state index is 9.26. The highest BCUT2D eigenvalue weighted by atomic mass is 16.5. The van der Waals surface area contributed by atoms with Crippen molar-refractivity contribution in [1.82, 2.24) is 9.88 Å². The lowest BCUT2D eigenvalue weighted by Gasteiger charge is -2.39. The fraction of sp³-hybridized carbons (Fsp3) is 0.643. The summed E-state index contributed by atoms with van der Waals surface area (Å²) in [7, 11) is 0. The van der Waals surface area contributed by atoms with E-state index in [1.54, 1.807) is 6.20 Å². The summed E-state index contributed by atoms with van der Waals surface area (Å²) in [6, 6.07) is 6.04. The maximum Gasteiger partial charge on any atom is 0.0933 e. The highest BCUT2D eigenvalue weighted by Gasteiger charge is 2.31. The SMILES string of the molecule is CCC(N)C(c1ccccn1)N1CCOC(CO)C1. The second-order valence-electron chi connectivity index (χ2n) is 4.94. The van der Waals surface area contributed by atoms with Gasteiger partial charge in [0.15, 0.2) is 0 Å². The molecule has 0 aromatic carbocycles. The molecular formula is C14H23N3O2. The number of rotatable bonds is 5. The molecule has 5 nitrogen and oxygen atoms in total. The van der Waals surface area contributed by atoms with E-state index in [4.69, 9.17) is 10.5 Å². The van der Waals surface area contributed by atoms with Crippen LogP contribution in [0.5, 0.6) is 0 Å². The fourth-order valence-electron chi connectivity index (χ4n) is 2.56. The molecule has 3 atom stereocenters. The lowest BCUT2D eigenvalue weighted by Crippen LogP contribution is -2.50. The van der Waals surface area contributed by atoms with Gasteiger partial charge in [0.2, 0.25) is 0 Å². The molecule has 2 heterocycles. The Kier molecular flexibility index (Phi) is 5.27. The van der Waals surface area contributed by atoms with Gasteiger partial charge in [-0.2, -0.15) is 0 Å². The molecule has 106 valence electrons. The minimum absolute atomic E-state index is 0.0346. The molecule has 0 saturated carbocycles. The molecule has 3 N–H and O–H groups in total. The third-order valence-electron chi connectivity index (χ3n) is 3.63. The average Bonchev–Trinajstić information content (AvgIpc) is 2.48. The molecule has 1 saturated heterocycles. The minimum atomic E-state index is -0.121. The Morgan fingerprint density at radius 2 is 2.42 bits per heavy atom. The largest absolute Gasteiger partial charge is 0.394 e. The molecule has 0 spiro atoms. The Hall–Kier alpha value is -1.01. The molecule has 1 aliphatic rings. The first-order chi connectivity index (χ1) is 9.26. The molecule has 2 rings (SSSR count). The first-order valence-corrected chi connectivity index (χ1v) is 6.89. The van der Waals surface area contributed by atoms with Crippen LogP contribution in [0.2, 0.25) is 0 Å². The van der Waals surface area contributed by atoms with Gasteiger partial charge in [0.25, 0.3) is 0 Å². The molecular weight excluding hydrogens is 242 g/mol. The van der Waals surface area contributed by atoms with Crippen molar-refractivity contribution in [3.05, 3.63) is 30.1 Å². The van der Waals surface area contributed by atoms with Crippen molar-refractivity contribution >= 4 is 0 Å². The Balaban J connectivity index is 2.18. The van der Waals surface area contributed by atoms with Crippen LogP contribution in [-0.2, 0) is 4.74 Å². The van der Waals surface area contributed by atoms with Crippen LogP contribution in [0, 0.1) is 0 Å². The summed E-state index contributed by atoms with van der Waals surface area (Å²) in [6.45, 7) is 4.29. The molecule has 0 amide bonds. The summed E-state index contributed by atoms with van der Waals surface area (Å²) in [6.07, 6.45) is 2.57. The van der Waals surface area contributed by atoms with Crippen LogP contribution in [0.25, 0.3) is 0 Å². The van der Waals surface area contributed by atoms with Crippen molar-refractivity contribution in [3.63, 3.8) is 0 Å². The van der Waals surface area contributed by atoms with Crippen molar-refractivity contribution in [1.29, 1.82) is 0 Å². The first-order valence-electron chi connectivity index (χ1n) is 6.89. The molecule has 0 aliphatic carbocycles. The summed E-state index contributed by atoms with van der Waals surface area (Å²) in [5.41, 5.74) is 7.28. The molecule has 1 aromatic heterocycles. The number of nitrogens with zero attached hydrogens (tertiary/aromatic N) is 2. The third-order valence-corrected chi connectivity index (χ3v) is 3.63. The van der Waals surface area contributed by atoms with Crippen LogP contribution < -0.4 is 5.73 Å². The monoisotopic (exact) mass is 265 g/mol. The number of aliphatic hydroxyl groups excluding tert-OH is 1. The average molecular weight is 265 g/mol. The normalized spacial score (nSPS) is 24.1. The highest BCUT2D eigenvalue weighted by Crippen LogP contribution is 2.25. The predicted molar refractivity (Wildman–Crippen MR) is 73.6 cm³/mol. The van der Waals surface area contributed by atoms with Crippen LogP contribution >= 0.6 is 0 Å². The molecule has 5 heteroatoms. The zero-order valence-electron chi connectivity index (χ0n) is 11.4. The standard InChI is InChI=1S/C14H23N3O2/c1-2-12(15)14(13-5-3-4-6-16-13)17-7-8-19-11(9-17)10-18/h3-6,11-12,14,18H,2,7-10,15H2,1H3. The van der Waals surface area contributed by atoms with Gasteiger partial charge < -0.3 is 15.6 Å². The minimum Gasteiger partial charge on any atom is -0.394 e. The summed E-state index contributed by atoms with van der Waals surface area (Å²) in [5.74, 6) is 0. The Labute approximate surface area is 114 Å². The fourth-order valence-corrected chi connectivity index (χ4v) is 2.56. The quantitative estimate of drug-likeness (QED) is 0.813. The highest BCUT2D eigenvalue weighted by molar-refractivity contribution is 5.12. The zero-order valence-corrected chi connectivity index (χ0v) is 11.4. The zero-order chi connectivity index (χ0) is 13.7. The van der Waals surface area contributed by atoms with Gasteiger partial charge in [0.05, 0.1) is 31.1 Å². The van der Waals surface area contributed by atoms with Gasteiger partial charge in [-0.3, -0.25) is 9.88 Å². The Bertz CT molecular complexity index is 374. The van der Waals surface area contributed by atoms with Gasteiger partial charge in [-0.15, -0.1) is 0 Å². The first kappa shape index (κ1) is 14.4. The van der Waals surface area contributed by atoms with Crippen LogP contribution in [-0.4, -0.2) is 53.4 Å². The van der Waals surface area contributed by atoms with Gasteiger partial charge in [0.1, 0.15) is 0 Å². The van der Waals surface area contributed by atoms with Gasteiger partial charge in [-0.1, -0.05) is 13.0 Å². The van der Waals surface area contributed by atoms with E-state index >= 15 is 0 Å². The third kappa shape index (κ3) is 3.51. The van der Waals surface area contributed by atoms with E-state index in [0.717, 1.165) is 18.7 Å². The molecule has 1 fully saturated rings. The predicted octanol–water partition coefficient (Wildman–Crippen LogP) is 0.553. The lowest BCUT2D eigenvalue weighted by atomic mass is 9.99. The van der Waals surface area contributed by atoms with Crippen molar-refractivity contribution in [2.75, 3.05) is 26.3 Å². The smallest absolute Gasteiger partial charge is 0.0933 e. The van der Waals surface area contributed by atoms with Gasteiger partial charge in [-0.05, 0) is 18.6 Å². The van der Waals surface area contributed by atoms with Crippen LogP contribution in [0.15, 0.2) is 24.4 Å². The van der Waals surface area contributed by atoms with E-state index in [1.165, 1.54) is 0 Å². The number of nitrogens with two attached hydrogens (primary N) is 1. The molecule has 19 heavy (non-hydrogen) atoms. The second-order valence-corrected chi connectivity index (χ2v) is 4.94. The number of ether oxygens (including phenoxy) is 1.